The summed E-state index contributed by atoms with van der Waals surface area (Å²) in [5.74, 6) is 2.46. The molecule has 0 aliphatic heterocycles. The number of hydrogen-bond acceptors (Lipinski definition) is 3. The first-order valence-electron chi connectivity index (χ1n) is 7.43. The summed E-state index contributed by atoms with van der Waals surface area (Å²) in [6.45, 7) is 4.69. The third kappa shape index (κ3) is 2.84. The molecule has 0 amide bonds. The van der Waals surface area contributed by atoms with Gasteiger partial charge in [-0.2, -0.15) is 0 Å². The van der Waals surface area contributed by atoms with E-state index in [1.165, 1.54) is 19.3 Å². The molecule has 0 saturated heterocycles. The zero-order valence-corrected chi connectivity index (χ0v) is 12.2. The number of imidazole rings is 1. The molecule has 1 fully saturated rings. The number of nitrogens with zero attached hydrogens (tertiary/aromatic N) is 3. The summed E-state index contributed by atoms with van der Waals surface area (Å²) in [5, 5.41) is 3.65. The minimum Gasteiger partial charge on any atom is -0.381 e. The molecule has 2 aromatic rings. The van der Waals surface area contributed by atoms with Crippen LogP contribution in [-0.4, -0.2) is 20.6 Å². The van der Waals surface area contributed by atoms with Crippen molar-refractivity contribution >= 4 is 5.69 Å². The monoisotopic (exact) mass is 270 g/mol. The van der Waals surface area contributed by atoms with Gasteiger partial charge in [0.1, 0.15) is 12.1 Å². The van der Waals surface area contributed by atoms with Gasteiger partial charge < -0.3 is 5.32 Å². The molecule has 106 valence electrons. The van der Waals surface area contributed by atoms with Gasteiger partial charge in [-0.05, 0) is 36.8 Å². The highest BCUT2D eigenvalue weighted by Crippen LogP contribution is 2.30. The normalized spacial score (nSPS) is 26.4. The van der Waals surface area contributed by atoms with Crippen molar-refractivity contribution in [1.29, 1.82) is 0 Å². The summed E-state index contributed by atoms with van der Waals surface area (Å²) in [4.78, 5) is 8.53. The van der Waals surface area contributed by atoms with Crippen LogP contribution in [0.4, 0.5) is 5.69 Å². The van der Waals surface area contributed by atoms with Crippen LogP contribution in [0.25, 0.3) is 5.82 Å². The quantitative estimate of drug-likeness (QED) is 0.928. The Morgan fingerprint density at radius 1 is 1.25 bits per heavy atom. The third-order valence-electron chi connectivity index (χ3n) is 4.33. The molecule has 2 aromatic heterocycles. The van der Waals surface area contributed by atoms with Crippen LogP contribution in [0, 0.1) is 11.8 Å². The molecule has 1 aliphatic rings. The summed E-state index contributed by atoms with van der Waals surface area (Å²) < 4.78 is 1.91. The van der Waals surface area contributed by atoms with E-state index in [-0.39, 0.29) is 0 Å². The predicted octanol–water partition coefficient (Wildman–Crippen LogP) is 3.50. The Balaban J connectivity index is 1.69. The van der Waals surface area contributed by atoms with Gasteiger partial charge in [0.25, 0.3) is 0 Å². The van der Waals surface area contributed by atoms with E-state index in [2.05, 4.69) is 35.2 Å². The van der Waals surface area contributed by atoms with E-state index in [1.807, 2.05) is 23.0 Å². The first kappa shape index (κ1) is 13.2. The van der Waals surface area contributed by atoms with Crippen molar-refractivity contribution in [3.8, 4) is 5.82 Å². The van der Waals surface area contributed by atoms with E-state index in [1.54, 1.807) is 12.5 Å². The number of rotatable bonds is 3. The zero-order valence-electron chi connectivity index (χ0n) is 12.2. The second-order valence-electron chi connectivity index (χ2n) is 6.02. The minimum absolute atomic E-state index is 0.569. The Kier molecular flexibility index (Phi) is 3.72. The van der Waals surface area contributed by atoms with Crippen molar-refractivity contribution in [3.63, 3.8) is 0 Å². The van der Waals surface area contributed by atoms with Gasteiger partial charge in [-0.25, -0.2) is 9.97 Å². The maximum absolute atomic E-state index is 4.49. The zero-order chi connectivity index (χ0) is 13.9. The number of hydrogen-bond donors (Lipinski definition) is 1. The topological polar surface area (TPSA) is 42.7 Å². The molecular weight excluding hydrogens is 248 g/mol. The minimum atomic E-state index is 0.569. The highest BCUT2D eigenvalue weighted by molar-refractivity contribution is 5.44. The van der Waals surface area contributed by atoms with Crippen molar-refractivity contribution in [2.24, 2.45) is 11.8 Å². The van der Waals surface area contributed by atoms with E-state index in [0.717, 1.165) is 23.3 Å². The maximum Gasteiger partial charge on any atom is 0.137 e. The third-order valence-corrected chi connectivity index (χ3v) is 4.33. The van der Waals surface area contributed by atoms with Gasteiger partial charge in [-0.1, -0.05) is 20.3 Å². The second-order valence-corrected chi connectivity index (χ2v) is 6.02. The van der Waals surface area contributed by atoms with Crippen LogP contribution in [0.2, 0.25) is 0 Å². The molecule has 4 heteroatoms. The average Bonchev–Trinajstić information content (AvgIpc) is 2.98. The van der Waals surface area contributed by atoms with Crippen LogP contribution < -0.4 is 5.32 Å². The molecule has 0 radical (unpaired) electrons. The second kappa shape index (κ2) is 5.65. The summed E-state index contributed by atoms with van der Waals surface area (Å²) >= 11 is 0. The summed E-state index contributed by atoms with van der Waals surface area (Å²) in [6.07, 6.45) is 11.3. The van der Waals surface area contributed by atoms with E-state index in [0.29, 0.717) is 6.04 Å². The fourth-order valence-electron chi connectivity index (χ4n) is 2.97. The van der Waals surface area contributed by atoms with Crippen LogP contribution in [0.1, 0.15) is 33.1 Å². The molecule has 0 spiro atoms. The van der Waals surface area contributed by atoms with Crippen molar-refractivity contribution < 1.29 is 0 Å². The summed E-state index contributed by atoms with van der Waals surface area (Å²) in [6, 6.07) is 4.70. The molecule has 0 bridgehead atoms. The number of pyridine rings is 1. The van der Waals surface area contributed by atoms with Gasteiger partial charge in [0.05, 0.1) is 11.9 Å². The standard InChI is InChI=1S/C16H22N4/c1-12-3-4-13(2)15(9-12)19-14-5-6-16(18-10-14)20-8-7-17-11-20/h5-8,10-13,15,19H,3-4,9H2,1-2H3. The molecule has 3 unspecified atom stereocenters. The molecular formula is C16H22N4. The van der Waals surface area contributed by atoms with Crippen LogP contribution in [0.3, 0.4) is 0 Å². The Labute approximate surface area is 120 Å². The average molecular weight is 270 g/mol. The first-order chi connectivity index (χ1) is 9.72. The lowest BCUT2D eigenvalue weighted by atomic mass is 9.80. The molecule has 20 heavy (non-hydrogen) atoms. The lowest BCUT2D eigenvalue weighted by Gasteiger charge is -2.33. The van der Waals surface area contributed by atoms with Gasteiger partial charge in [0, 0.05) is 18.4 Å². The fourth-order valence-corrected chi connectivity index (χ4v) is 2.97. The van der Waals surface area contributed by atoms with Gasteiger partial charge in [-0.15, -0.1) is 0 Å². The molecule has 1 aliphatic carbocycles. The first-order valence-corrected chi connectivity index (χ1v) is 7.43. The molecule has 3 atom stereocenters. The summed E-state index contributed by atoms with van der Waals surface area (Å²) in [5.41, 5.74) is 1.11. The van der Waals surface area contributed by atoms with E-state index in [9.17, 15) is 0 Å². The van der Waals surface area contributed by atoms with Gasteiger partial charge in [-0.3, -0.25) is 4.57 Å². The number of nitrogens with one attached hydrogen (secondary N) is 1. The largest absolute Gasteiger partial charge is 0.381 e. The molecule has 0 aromatic carbocycles. The van der Waals surface area contributed by atoms with Gasteiger partial charge in [0.2, 0.25) is 0 Å². The molecule has 3 rings (SSSR count). The molecule has 1 N–H and O–H groups in total. The van der Waals surface area contributed by atoms with Crippen LogP contribution in [0.15, 0.2) is 37.1 Å². The lowest BCUT2D eigenvalue weighted by molar-refractivity contribution is 0.280. The summed E-state index contributed by atoms with van der Waals surface area (Å²) in [7, 11) is 0. The van der Waals surface area contributed by atoms with Crippen LogP contribution >= 0.6 is 0 Å². The van der Waals surface area contributed by atoms with Crippen LogP contribution in [0.5, 0.6) is 0 Å². The Morgan fingerprint density at radius 2 is 2.15 bits per heavy atom. The number of anilines is 1. The van der Waals surface area contributed by atoms with Crippen molar-refractivity contribution in [1.82, 2.24) is 14.5 Å². The SMILES string of the molecule is CC1CCC(C)C(Nc2ccc(-n3ccnc3)nc2)C1. The lowest BCUT2D eigenvalue weighted by Crippen LogP contribution is -2.33. The van der Waals surface area contributed by atoms with Gasteiger partial charge in [0.15, 0.2) is 0 Å². The van der Waals surface area contributed by atoms with E-state index in [4.69, 9.17) is 0 Å². The Bertz CT molecular complexity index is 532. The fraction of sp³-hybridized carbons (Fsp3) is 0.500. The van der Waals surface area contributed by atoms with Crippen molar-refractivity contribution in [2.45, 2.75) is 39.2 Å². The number of aromatic nitrogens is 3. The van der Waals surface area contributed by atoms with E-state index >= 15 is 0 Å². The van der Waals surface area contributed by atoms with E-state index < -0.39 is 0 Å². The Hall–Kier alpha value is -1.84. The van der Waals surface area contributed by atoms with Gasteiger partial charge >= 0.3 is 0 Å². The van der Waals surface area contributed by atoms with Crippen molar-refractivity contribution in [2.75, 3.05) is 5.32 Å². The predicted molar refractivity (Wildman–Crippen MR) is 80.9 cm³/mol. The smallest absolute Gasteiger partial charge is 0.137 e. The highest BCUT2D eigenvalue weighted by atomic mass is 15.1. The Morgan fingerprint density at radius 3 is 2.85 bits per heavy atom. The highest BCUT2D eigenvalue weighted by Gasteiger charge is 2.25. The molecule has 4 nitrogen and oxygen atoms in total. The maximum atomic E-state index is 4.49. The molecule has 2 heterocycles. The van der Waals surface area contributed by atoms with Crippen molar-refractivity contribution in [3.05, 3.63) is 37.1 Å². The van der Waals surface area contributed by atoms with Crippen LogP contribution in [-0.2, 0) is 0 Å². The molecule has 1 saturated carbocycles.